The molecule has 25 heavy (non-hydrogen) atoms. The minimum atomic E-state index is -0.943. The number of amides is 2. The van der Waals surface area contributed by atoms with Crippen LogP contribution in [0, 0.1) is 5.92 Å². The molecule has 0 aliphatic carbocycles. The summed E-state index contributed by atoms with van der Waals surface area (Å²) in [6.07, 6.45) is 2.88. The highest BCUT2D eigenvalue weighted by Crippen LogP contribution is 2.27. The zero-order chi connectivity index (χ0) is 17.2. The summed E-state index contributed by atoms with van der Waals surface area (Å²) in [4.78, 5) is 23.4. The van der Waals surface area contributed by atoms with E-state index in [0.717, 1.165) is 27.1 Å². The summed E-state index contributed by atoms with van der Waals surface area (Å²) in [6.45, 7) is 0. The summed E-state index contributed by atoms with van der Waals surface area (Å²) in [7, 11) is 0. The smallest absolute Gasteiger partial charge is 0.258 e. The fraction of sp³-hybridized carbons (Fsp3) is 0.0526. The average molecular weight is 330 g/mol. The lowest BCUT2D eigenvalue weighted by molar-refractivity contribution is -0.131. The highest BCUT2D eigenvalue weighted by atomic mass is 16.2. The molecule has 3 aromatic carbocycles. The van der Waals surface area contributed by atoms with Gasteiger partial charge in [-0.25, -0.2) is 10.9 Å². The first-order valence-electron chi connectivity index (χ1n) is 7.80. The number of nitrogens with one attached hydrogen (secondary N) is 2. The molecule has 1 heterocycles. The van der Waals surface area contributed by atoms with E-state index in [9.17, 15) is 9.59 Å². The van der Waals surface area contributed by atoms with Gasteiger partial charge in [-0.2, -0.15) is 10.2 Å². The zero-order valence-corrected chi connectivity index (χ0v) is 13.1. The van der Waals surface area contributed by atoms with Crippen LogP contribution in [-0.4, -0.2) is 24.2 Å². The Labute approximate surface area is 143 Å². The molecule has 1 unspecified atom stereocenters. The second-order valence-electron chi connectivity index (χ2n) is 5.70. The lowest BCUT2D eigenvalue weighted by Crippen LogP contribution is -2.34. The predicted octanol–water partition coefficient (Wildman–Crippen LogP) is 2.17. The van der Waals surface area contributed by atoms with E-state index in [-0.39, 0.29) is 0 Å². The summed E-state index contributed by atoms with van der Waals surface area (Å²) in [6, 6.07) is 18.1. The lowest BCUT2D eigenvalue weighted by atomic mass is 9.97. The van der Waals surface area contributed by atoms with Crippen LogP contribution in [0.25, 0.3) is 21.5 Å². The van der Waals surface area contributed by atoms with Crippen LogP contribution in [-0.2, 0) is 9.59 Å². The van der Waals surface area contributed by atoms with E-state index < -0.39 is 17.7 Å². The second kappa shape index (κ2) is 6.16. The molecule has 0 saturated heterocycles. The number of hydrogen-bond donors (Lipinski definition) is 2. The topological polar surface area (TPSA) is 82.9 Å². The Balaban J connectivity index is 1.71. The summed E-state index contributed by atoms with van der Waals surface area (Å²) in [5.74, 6) is -1.91. The van der Waals surface area contributed by atoms with Gasteiger partial charge in [0.1, 0.15) is 0 Å². The van der Waals surface area contributed by atoms with Crippen LogP contribution in [0.2, 0.25) is 0 Å². The van der Waals surface area contributed by atoms with Crippen LogP contribution in [0.3, 0.4) is 0 Å². The molecule has 122 valence electrons. The Bertz CT molecular complexity index is 1000. The van der Waals surface area contributed by atoms with Gasteiger partial charge >= 0.3 is 0 Å². The third kappa shape index (κ3) is 2.74. The van der Waals surface area contributed by atoms with Crippen molar-refractivity contribution in [2.45, 2.75) is 0 Å². The van der Waals surface area contributed by atoms with Crippen molar-refractivity contribution in [2.75, 3.05) is 0 Å². The maximum Gasteiger partial charge on any atom is 0.258 e. The molecule has 6 heteroatoms. The molecule has 0 saturated carbocycles. The van der Waals surface area contributed by atoms with Crippen molar-refractivity contribution in [3.8, 4) is 0 Å². The van der Waals surface area contributed by atoms with Crippen molar-refractivity contribution >= 4 is 45.8 Å². The number of carbonyl (C=O) groups excluding carboxylic acids is 2. The molecule has 4 rings (SSSR count). The van der Waals surface area contributed by atoms with Gasteiger partial charge in [-0.3, -0.25) is 9.59 Å². The molecule has 0 fully saturated rings. The fourth-order valence-electron chi connectivity index (χ4n) is 2.92. The Hall–Kier alpha value is -3.54. The average Bonchev–Trinajstić information content (AvgIpc) is 3.07. The molecule has 6 nitrogen and oxygen atoms in total. The highest BCUT2D eigenvalue weighted by molar-refractivity contribution is 6.16. The first kappa shape index (κ1) is 15.0. The van der Waals surface area contributed by atoms with Crippen LogP contribution in [0.1, 0.15) is 5.56 Å². The number of hydrazone groups is 2. The Morgan fingerprint density at radius 1 is 1.08 bits per heavy atom. The normalized spacial score (nSPS) is 16.6. The third-order valence-electron chi connectivity index (χ3n) is 4.14. The quantitative estimate of drug-likeness (QED) is 0.334. The predicted molar refractivity (Wildman–Crippen MR) is 97.3 cm³/mol. The lowest BCUT2D eigenvalue weighted by Gasteiger charge is -2.08. The number of hydrogen-bond acceptors (Lipinski definition) is 4. The van der Waals surface area contributed by atoms with E-state index in [1.807, 2.05) is 48.5 Å². The number of rotatable bonds is 3. The number of nitrogens with zero attached hydrogens (tertiary/aromatic N) is 2. The van der Waals surface area contributed by atoms with Crippen LogP contribution in [0.5, 0.6) is 0 Å². The number of carbonyl (C=O) groups is 2. The van der Waals surface area contributed by atoms with E-state index in [4.69, 9.17) is 0 Å². The number of fused-ring (bicyclic) bond motifs is 2. The second-order valence-corrected chi connectivity index (χ2v) is 5.70. The molecule has 1 atom stereocenters. The summed E-state index contributed by atoms with van der Waals surface area (Å²) < 4.78 is 0. The van der Waals surface area contributed by atoms with Crippen LogP contribution in [0.15, 0.2) is 64.8 Å². The van der Waals surface area contributed by atoms with Gasteiger partial charge in [0.25, 0.3) is 11.8 Å². The molecule has 0 spiro atoms. The monoisotopic (exact) mass is 330 g/mol. The van der Waals surface area contributed by atoms with Crippen LogP contribution >= 0.6 is 0 Å². The van der Waals surface area contributed by atoms with E-state index in [0.29, 0.717) is 0 Å². The van der Waals surface area contributed by atoms with Crippen LogP contribution < -0.4 is 10.9 Å². The molecule has 2 amide bonds. The molecule has 3 aromatic rings. The Morgan fingerprint density at radius 3 is 2.32 bits per heavy atom. The van der Waals surface area contributed by atoms with Crippen molar-refractivity contribution < 1.29 is 9.59 Å². The summed E-state index contributed by atoms with van der Waals surface area (Å²) >= 11 is 0. The minimum absolute atomic E-state index is 0.455. The van der Waals surface area contributed by atoms with E-state index in [2.05, 4.69) is 27.1 Å². The van der Waals surface area contributed by atoms with Gasteiger partial charge < -0.3 is 0 Å². The van der Waals surface area contributed by atoms with Gasteiger partial charge in [0.15, 0.2) is 5.92 Å². The fourth-order valence-corrected chi connectivity index (χ4v) is 2.92. The van der Waals surface area contributed by atoms with Gasteiger partial charge in [-0.1, -0.05) is 48.5 Å². The van der Waals surface area contributed by atoms with Crippen molar-refractivity contribution in [1.82, 2.24) is 10.9 Å². The van der Waals surface area contributed by atoms with Crippen molar-refractivity contribution in [3.05, 3.63) is 60.2 Å². The van der Waals surface area contributed by atoms with Crippen molar-refractivity contribution in [3.63, 3.8) is 0 Å². The maximum absolute atomic E-state index is 12.0. The van der Waals surface area contributed by atoms with E-state index in [1.54, 1.807) is 6.21 Å². The molecular weight excluding hydrogens is 316 g/mol. The van der Waals surface area contributed by atoms with Crippen LogP contribution in [0.4, 0.5) is 0 Å². The highest BCUT2D eigenvalue weighted by Gasteiger charge is 2.28. The molecule has 0 bridgehead atoms. The Morgan fingerprint density at radius 2 is 1.72 bits per heavy atom. The van der Waals surface area contributed by atoms with Gasteiger partial charge in [0.05, 0.1) is 6.21 Å². The summed E-state index contributed by atoms with van der Waals surface area (Å²) in [5, 5.41) is 11.9. The van der Waals surface area contributed by atoms with Gasteiger partial charge in [-0.05, 0) is 27.6 Å². The third-order valence-corrected chi connectivity index (χ3v) is 4.14. The first-order chi connectivity index (χ1) is 12.2. The standard InChI is InChI=1S/C19H14N4O2/c24-18(17-11-21-23-19(17)25)22-20-10-16-14-7-3-1-5-12(14)9-13-6-2-4-8-15(13)16/h1-11,17H,(H,22,24)(H,23,25)/b20-10+. The van der Waals surface area contributed by atoms with Crippen molar-refractivity contribution in [2.24, 2.45) is 16.1 Å². The largest absolute Gasteiger partial charge is 0.272 e. The van der Waals surface area contributed by atoms with Gasteiger partial charge in [-0.15, -0.1) is 0 Å². The molecule has 1 aliphatic rings. The summed E-state index contributed by atoms with van der Waals surface area (Å²) in [5.41, 5.74) is 5.55. The maximum atomic E-state index is 12.0. The first-order valence-corrected chi connectivity index (χ1v) is 7.80. The molecule has 0 aromatic heterocycles. The molecule has 1 aliphatic heterocycles. The molecule has 2 N–H and O–H groups in total. The number of benzene rings is 3. The SMILES string of the molecule is O=C1NN=CC1C(=O)N/N=C/c1c2ccccc2cc2ccccc12. The minimum Gasteiger partial charge on any atom is -0.272 e. The Kier molecular flexibility index (Phi) is 3.70. The van der Waals surface area contributed by atoms with Crippen molar-refractivity contribution in [1.29, 1.82) is 0 Å². The molecular formula is C19H14N4O2. The van der Waals surface area contributed by atoms with E-state index >= 15 is 0 Å². The molecule has 0 radical (unpaired) electrons. The van der Waals surface area contributed by atoms with E-state index in [1.165, 1.54) is 6.21 Å². The van der Waals surface area contributed by atoms with Gasteiger partial charge in [0, 0.05) is 11.8 Å². The zero-order valence-electron chi connectivity index (χ0n) is 13.1. The van der Waals surface area contributed by atoms with Gasteiger partial charge in [0.2, 0.25) is 0 Å².